The van der Waals surface area contributed by atoms with Gasteiger partial charge in [0.15, 0.2) is 0 Å². The van der Waals surface area contributed by atoms with E-state index >= 15 is 0 Å². The summed E-state index contributed by atoms with van der Waals surface area (Å²) >= 11 is 0. The highest BCUT2D eigenvalue weighted by molar-refractivity contribution is 5.95. The fourth-order valence-electron chi connectivity index (χ4n) is 3.55. The third-order valence-corrected chi connectivity index (χ3v) is 5.43. The predicted octanol–water partition coefficient (Wildman–Crippen LogP) is 3.26. The first-order chi connectivity index (χ1) is 16.4. The normalized spacial score (nSPS) is 11.2. The van der Waals surface area contributed by atoms with E-state index in [1.54, 1.807) is 31.2 Å². The Hall–Kier alpha value is -4.44. The van der Waals surface area contributed by atoms with E-state index in [0.29, 0.717) is 17.7 Å². The van der Waals surface area contributed by atoms with Crippen molar-refractivity contribution in [1.82, 2.24) is 10.6 Å². The van der Waals surface area contributed by atoms with Gasteiger partial charge in [-0.25, -0.2) is 0 Å². The number of amidine groups is 1. The lowest BCUT2D eigenvalue weighted by molar-refractivity contribution is -0.128. The van der Waals surface area contributed by atoms with E-state index in [0.717, 1.165) is 22.3 Å². The molecule has 5 N–H and O–H groups in total. The molecule has 0 aliphatic rings. The summed E-state index contributed by atoms with van der Waals surface area (Å²) in [5.41, 5.74) is 10.2. The van der Waals surface area contributed by atoms with Gasteiger partial charge in [0.2, 0.25) is 11.8 Å². The molecule has 0 unspecified atom stereocenters. The Bertz CT molecular complexity index is 1230. The summed E-state index contributed by atoms with van der Waals surface area (Å²) in [4.78, 5) is 25.0. The van der Waals surface area contributed by atoms with Gasteiger partial charge in [-0.15, -0.1) is 0 Å². The van der Waals surface area contributed by atoms with Crippen LogP contribution in [0.25, 0.3) is 11.1 Å². The number of nitrogen functional groups attached to an aromatic ring is 1. The molecular weight excluding hydrogens is 426 g/mol. The Balaban J connectivity index is 1.69. The fraction of sp³-hybridized carbons (Fsp3) is 0.185. The van der Waals surface area contributed by atoms with Crippen molar-refractivity contribution in [3.8, 4) is 17.2 Å². The maximum absolute atomic E-state index is 12.9. The molecule has 7 nitrogen and oxygen atoms in total. The number of nitrogens with one attached hydrogen (secondary N) is 3. The Morgan fingerprint density at radius 2 is 1.76 bits per heavy atom. The summed E-state index contributed by atoms with van der Waals surface area (Å²) in [5.74, 6) is -0.571. The molecule has 1 atom stereocenters. The second-order valence-corrected chi connectivity index (χ2v) is 7.86. The van der Waals surface area contributed by atoms with Crippen LogP contribution in [-0.2, 0) is 22.6 Å². The molecule has 0 saturated heterocycles. The lowest BCUT2D eigenvalue weighted by Gasteiger charge is -2.19. The molecule has 3 rings (SSSR count). The van der Waals surface area contributed by atoms with Crippen LogP contribution in [0.4, 0.5) is 0 Å². The monoisotopic (exact) mass is 453 g/mol. The molecule has 0 aliphatic carbocycles. The van der Waals surface area contributed by atoms with Crippen LogP contribution in [0.15, 0.2) is 72.8 Å². The number of benzene rings is 3. The molecule has 7 heteroatoms. The maximum Gasteiger partial charge on any atom is 0.243 e. The van der Waals surface area contributed by atoms with Crippen molar-refractivity contribution in [3.05, 3.63) is 95.1 Å². The standard InChI is InChI=1S/C27H27N5O2/c1-2-25(33)32-24(15-19-6-5-8-21(14-19)26(29)30)27(34)31-17-18-10-12-20(13-11-18)23-9-4-3-7-22(23)16-28/h3-14,24H,2,15,17H2,1H3,(H3,29,30)(H,31,34)(H,32,33)/t24-/m0/s1. The van der Waals surface area contributed by atoms with Crippen molar-refractivity contribution >= 4 is 17.6 Å². The number of hydrogen-bond acceptors (Lipinski definition) is 4. The topological polar surface area (TPSA) is 132 Å². The quantitative estimate of drug-likeness (QED) is 0.292. The van der Waals surface area contributed by atoms with Crippen LogP contribution in [0, 0.1) is 16.7 Å². The van der Waals surface area contributed by atoms with Crippen LogP contribution in [0.1, 0.15) is 35.6 Å². The molecule has 0 radical (unpaired) electrons. The SMILES string of the molecule is CCC(=O)N[C@@H](Cc1cccc(C(=N)N)c1)C(=O)NCc1ccc(-c2ccccc2C#N)cc1. The van der Waals surface area contributed by atoms with Crippen LogP contribution in [0.5, 0.6) is 0 Å². The first-order valence-corrected chi connectivity index (χ1v) is 11.0. The van der Waals surface area contributed by atoms with Gasteiger partial charge in [-0.3, -0.25) is 15.0 Å². The molecule has 0 fully saturated rings. The highest BCUT2D eigenvalue weighted by Gasteiger charge is 2.21. The number of carbonyl (C=O) groups is 2. The number of nitrogens with two attached hydrogens (primary N) is 1. The zero-order valence-electron chi connectivity index (χ0n) is 19.0. The van der Waals surface area contributed by atoms with E-state index in [1.807, 2.05) is 48.5 Å². The molecule has 0 saturated carbocycles. The first kappa shape index (κ1) is 24.2. The van der Waals surface area contributed by atoms with Crippen LogP contribution in [-0.4, -0.2) is 23.7 Å². The van der Waals surface area contributed by atoms with Crippen LogP contribution < -0.4 is 16.4 Å². The molecule has 34 heavy (non-hydrogen) atoms. The Morgan fingerprint density at radius 3 is 2.44 bits per heavy atom. The van der Waals surface area contributed by atoms with E-state index in [1.165, 1.54) is 0 Å². The second-order valence-electron chi connectivity index (χ2n) is 7.86. The molecule has 172 valence electrons. The van der Waals surface area contributed by atoms with Gasteiger partial charge in [0.25, 0.3) is 0 Å². The van der Waals surface area contributed by atoms with E-state index < -0.39 is 6.04 Å². The second kappa shape index (κ2) is 11.4. The first-order valence-electron chi connectivity index (χ1n) is 11.0. The molecule has 3 aromatic carbocycles. The van der Waals surface area contributed by atoms with E-state index in [4.69, 9.17) is 11.1 Å². The Labute approximate surface area is 199 Å². The molecule has 0 aliphatic heterocycles. The number of amides is 2. The van der Waals surface area contributed by atoms with Crippen molar-refractivity contribution in [1.29, 1.82) is 10.7 Å². The van der Waals surface area contributed by atoms with Gasteiger partial charge in [-0.1, -0.05) is 67.6 Å². The third kappa shape index (κ3) is 6.30. The minimum Gasteiger partial charge on any atom is -0.384 e. The highest BCUT2D eigenvalue weighted by atomic mass is 16.2. The molecular formula is C27H27N5O2. The lowest BCUT2D eigenvalue weighted by Crippen LogP contribution is -2.47. The summed E-state index contributed by atoms with van der Waals surface area (Å²) in [5, 5.41) is 22.6. The van der Waals surface area contributed by atoms with Gasteiger partial charge in [0.1, 0.15) is 11.9 Å². The van der Waals surface area contributed by atoms with Gasteiger partial charge < -0.3 is 16.4 Å². The molecule has 0 heterocycles. The third-order valence-electron chi connectivity index (χ3n) is 5.43. The van der Waals surface area contributed by atoms with Crippen molar-refractivity contribution in [2.45, 2.75) is 32.4 Å². The minimum atomic E-state index is -0.753. The van der Waals surface area contributed by atoms with Gasteiger partial charge in [0.05, 0.1) is 11.6 Å². The maximum atomic E-state index is 12.9. The average molecular weight is 454 g/mol. The predicted molar refractivity (Wildman–Crippen MR) is 132 cm³/mol. The average Bonchev–Trinajstić information content (AvgIpc) is 2.87. The molecule has 2 amide bonds. The largest absolute Gasteiger partial charge is 0.384 e. The number of rotatable bonds is 9. The molecule has 0 aromatic heterocycles. The van der Waals surface area contributed by atoms with Crippen LogP contribution >= 0.6 is 0 Å². The van der Waals surface area contributed by atoms with Gasteiger partial charge >= 0.3 is 0 Å². The summed E-state index contributed by atoms with van der Waals surface area (Å²) < 4.78 is 0. The van der Waals surface area contributed by atoms with Crippen molar-refractivity contribution < 1.29 is 9.59 Å². The summed E-state index contributed by atoms with van der Waals surface area (Å²) in [6.45, 7) is 2.03. The number of nitriles is 1. The van der Waals surface area contributed by atoms with E-state index in [9.17, 15) is 14.9 Å². The highest BCUT2D eigenvalue weighted by Crippen LogP contribution is 2.23. The summed E-state index contributed by atoms with van der Waals surface area (Å²) in [6, 6.07) is 23.6. The zero-order chi connectivity index (χ0) is 24.5. The van der Waals surface area contributed by atoms with Crippen molar-refractivity contribution in [2.24, 2.45) is 5.73 Å². The van der Waals surface area contributed by atoms with Gasteiger partial charge in [-0.2, -0.15) is 5.26 Å². The van der Waals surface area contributed by atoms with Crippen molar-refractivity contribution in [2.75, 3.05) is 0 Å². The molecule has 0 bridgehead atoms. The summed E-state index contributed by atoms with van der Waals surface area (Å²) in [6.07, 6.45) is 0.547. The lowest BCUT2D eigenvalue weighted by atomic mass is 9.99. The van der Waals surface area contributed by atoms with E-state index in [2.05, 4.69) is 16.7 Å². The fourth-order valence-corrected chi connectivity index (χ4v) is 3.55. The minimum absolute atomic E-state index is 0.0544. The molecule has 0 spiro atoms. The number of hydrogen-bond donors (Lipinski definition) is 4. The van der Waals surface area contributed by atoms with Crippen LogP contribution in [0.2, 0.25) is 0 Å². The van der Waals surface area contributed by atoms with E-state index in [-0.39, 0.29) is 30.5 Å². The van der Waals surface area contributed by atoms with Gasteiger partial charge in [-0.05, 0) is 34.4 Å². The smallest absolute Gasteiger partial charge is 0.243 e. The van der Waals surface area contributed by atoms with Crippen molar-refractivity contribution in [3.63, 3.8) is 0 Å². The number of carbonyl (C=O) groups excluding carboxylic acids is 2. The number of nitrogens with zero attached hydrogens (tertiary/aromatic N) is 1. The zero-order valence-corrected chi connectivity index (χ0v) is 19.0. The van der Waals surface area contributed by atoms with Crippen LogP contribution in [0.3, 0.4) is 0 Å². The van der Waals surface area contributed by atoms with Gasteiger partial charge in [0, 0.05) is 24.9 Å². The Kier molecular flexibility index (Phi) is 8.14. The Morgan fingerprint density at radius 1 is 1.03 bits per heavy atom. The molecule has 3 aromatic rings. The summed E-state index contributed by atoms with van der Waals surface area (Å²) in [7, 11) is 0.